The molecule has 2 aromatic rings. The van der Waals surface area contributed by atoms with Gasteiger partial charge in [-0.1, -0.05) is 18.2 Å². The number of pyridine rings is 1. The van der Waals surface area contributed by atoms with E-state index in [9.17, 15) is 9.18 Å². The lowest BCUT2D eigenvalue weighted by Gasteiger charge is -2.33. The van der Waals surface area contributed by atoms with Gasteiger partial charge in [-0.05, 0) is 25.2 Å². The van der Waals surface area contributed by atoms with E-state index >= 15 is 0 Å². The highest BCUT2D eigenvalue weighted by molar-refractivity contribution is 5.78. The Balaban J connectivity index is 1.44. The van der Waals surface area contributed by atoms with Crippen LogP contribution in [0.5, 0.6) is 5.75 Å². The lowest BCUT2D eigenvalue weighted by Crippen LogP contribution is -2.45. The molecule has 1 saturated heterocycles. The molecule has 1 aliphatic heterocycles. The van der Waals surface area contributed by atoms with E-state index in [1.165, 1.54) is 6.07 Å². The normalized spacial score (nSPS) is 15.3. The zero-order valence-corrected chi connectivity index (χ0v) is 15.0. The monoisotopic (exact) mass is 357 g/mol. The van der Waals surface area contributed by atoms with Gasteiger partial charge in [0, 0.05) is 50.4 Å². The number of benzene rings is 1. The summed E-state index contributed by atoms with van der Waals surface area (Å²) >= 11 is 0. The summed E-state index contributed by atoms with van der Waals surface area (Å²) in [6, 6.07) is 10.4. The Morgan fingerprint density at radius 2 is 1.92 bits per heavy atom. The summed E-state index contributed by atoms with van der Waals surface area (Å²) in [5, 5.41) is 0. The molecule has 5 nitrogen and oxygen atoms in total. The maximum atomic E-state index is 13.7. The van der Waals surface area contributed by atoms with Crippen LogP contribution >= 0.6 is 0 Å². The van der Waals surface area contributed by atoms with Gasteiger partial charge in [-0.2, -0.15) is 0 Å². The highest BCUT2D eigenvalue weighted by atomic mass is 19.1. The Kier molecular flexibility index (Phi) is 6.17. The summed E-state index contributed by atoms with van der Waals surface area (Å²) in [5.74, 6) is 0.654. The molecule has 0 N–H and O–H groups in total. The number of piperidine rings is 1. The van der Waals surface area contributed by atoms with Crippen molar-refractivity contribution in [1.29, 1.82) is 0 Å². The molecule has 1 aliphatic rings. The van der Waals surface area contributed by atoms with Gasteiger partial charge >= 0.3 is 0 Å². The molecule has 0 saturated carbocycles. The van der Waals surface area contributed by atoms with Crippen LogP contribution in [-0.2, 0) is 11.3 Å². The minimum absolute atomic E-state index is 0.0752. The number of halogens is 1. The Labute approximate surface area is 153 Å². The lowest BCUT2D eigenvalue weighted by atomic mass is 10.1. The van der Waals surface area contributed by atoms with Crippen molar-refractivity contribution in [3.63, 3.8) is 0 Å². The van der Waals surface area contributed by atoms with Crippen molar-refractivity contribution in [2.45, 2.75) is 25.5 Å². The molecule has 138 valence electrons. The topological polar surface area (TPSA) is 45.7 Å². The van der Waals surface area contributed by atoms with E-state index in [1.54, 1.807) is 24.5 Å². The van der Waals surface area contributed by atoms with Crippen molar-refractivity contribution < 1.29 is 13.9 Å². The molecule has 2 heterocycles. The number of aromatic nitrogens is 1. The average molecular weight is 357 g/mol. The van der Waals surface area contributed by atoms with Gasteiger partial charge < -0.3 is 9.64 Å². The van der Waals surface area contributed by atoms with Crippen LogP contribution in [0.3, 0.4) is 0 Å². The van der Waals surface area contributed by atoms with E-state index in [2.05, 4.69) is 4.98 Å². The number of ether oxygens (including phenoxy) is 1. The van der Waals surface area contributed by atoms with Gasteiger partial charge in [-0.3, -0.25) is 14.7 Å². The van der Waals surface area contributed by atoms with Gasteiger partial charge in [-0.15, -0.1) is 0 Å². The standard InChI is InChI=1S/C20H24FN3O2/c1-23(14-16-4-2-3-5-19(16)21)15-20(25)24-12-8-18(9-13-24)26-17-6-10-22-11-7-17/h2-7,10-11,18H,8-9,12-15H2,1H3. The fourth-order valence-corrected chi connectivity index (χ4v) is 3.14. The van der Waals surface area contributed by atoms with Crippen LogP contribution in [0.25, 0.3) is 0 Å². The second kappa shape index (κ2) is 8.76. The van der Waals surface area contributed by atoms with Crippen molar-refractivity contribution >= 4 is 5.91 Å². The molecular weight excluding hydrogens is 333 g/mol. The van der Waals surface area contributed by atoms with Crippen LogP contribution in [0.4, 0.5) is 4.39 Å². The van der Waals surface area contributed by atoms with E-state index < -0.39 is 0 Å². The van der Waals surface area contributed by atoms with E-state index in [4.69, 9.17) is 4.74 Å². The first-order valence-corrected chi connectivity index (χ1v) is 8.88. The van der Waals surface area contributed by atoms with Gasteiger partial charge in [-0.25, -0.2) is 4.39 Å². The van der Waals surface area contributed by atoms with Gasteiger partial charge in [0.1, 0.15) is 17.7 Å². The number of carbonyl (C=O) groups is 1. The van der Waals surface area contributed by atoms with Crippen LogP contribution < -0.4 is 4.74 Å². The van der Waals surface area contributed by atoms with Crippen LogP contribution in [0.15, 0.2) is 48.8 Å². The Bertz CT molecular complexity index is 718. The first-order valence-electron chi connectivity index (χ1n) is 8.88. The highest BCUT2D eigenvalue weighted by Gasteiger charge is 2.24. The molecular formula is C20H24FN3O2. The van der Waals surface area contributed by atoms with E-state index in [1.807, 2.05) is 35.0 Å². The van der Waals surface area contributed by atoms with Crippen molar-refractivity contribution in [1.82, 2.24) is 14.8 Å². The number of nitrogens with zero attached hydrogens (tertiary/aromatic N) is 3. The Hall–Kier alpha value is -2.47. The second-order valence-electron chi connectivity index (χ2n) is 6.64. The van der Waals surface area contributed by atoms with Crippen LogP contribution in [0, 0.1) is 5.82 Å². The van der Waals surface area contributed by atoms with Crippen molar-refractivity contribution in [2.24, 2.45) is 0 Å². The van der Waals surface area contributed by atoms with Gasteiger partial charge in [0.25, 0.3) is 0 Å². The first-order chi connectivity index (χ1) is 12.6. The maximum absolute atomic E-state index is 13.7. The number of hydrogen-bond acceptors (Lipinski definition) is 4. The molecule has 1 aromatic carbocycles. The van der Waals surface area contributed by atoms with Crippen molar-refractivity contribution in [2.75, 3.05) is 26.7 Å². The molecule has 0 spiro atoms. The molecule has 26 heavy (non-hydrogen) atoms. The number of likely N-dealkylation sites (tertiary alicyclic amines) is 1. The van der Waals surface area contributed by atoms with E-state index in [0.717, 1.165) is 18.6 Å². The lowest BCUT2D eigenvalue weighted by molar-refractivity contribution is -0.134. The van der Waals surface area contributed by atoms with E-state index in [0.29, 0.717) is 25.2 Å². The summed E-state index contributed by atoms with van der Waals surface area (Å²) in [5.41, 5.74) is 0.604. The summed E-state index contributed by atoms with van der Waals surface area (Å²) in [7, 11) is 1.84. The van der Waals surface area contributed by atoms with E-state index in [-0.39, 0.29) is 24.4 Å². The molecule has 6 heteroatoms. The zero-order chi connectivity index (χ0) is 18.4. The van der Waals surface area contributed by atoms with Gasteiger partial charge in [0.2, 0.25) is 5.91 Å². The molecule has 0 atom stereocenters. The summed E-state index contributed by atoms with van der Waals surface area (Å²) in [6.45, 7) is 2.06. The molecule has 3 rings (SSSR count). The minimum Gasteiger partial charge on any atom is -0.490 e. The van der Waals surface area contributed by atoms with Crippen LogP contribution in [0.1, 0.15) is 18.4 Å². The molecule has 0 aliphatic carbocycles. The molecule has 1 amide bonds. The third kappa shape index (κ3) is 5.02. The third-order valence-corrected chi connectivity index (χ3v) is 4.55. The number of hydrogen-bond donors (Lipinski definition) is 0. The quantitative estimate of drug-likeness (QED) is 0.797. The fourth-order valence-electron chi connectivity index (χ4n) is 3.14. The smallest absolute Gasteiger partial charge is 0.236 e. The Morgan fingerprint density at radius 3 is 2.62 bits per heavy atom. The number of likely N-dealkylation sites (N-methyl/N-ethyl adjacent to an activating group) is 1. The molecule has 0 radical (unpaired) electrons. The predicted octanol–water partition coefficient (Wildman–Crippen LogP) is 2.72. The SMILES string of the molecule is CN(CC(=O)N1CCC(Oc2ccncc2)CC1)Cc1ccccc1F. The van der Waals surface area contributed by atoms with Gasteiger partial charge in [0.15, 0.2) is 0 Å². The maximum Gasteiger partial charge on any atom is 0.236 e. The predicted molar refractivity (Wildman–Crippen MR) is 97.2 cm³/mol. The fraction of sp³-hybridized carbons (Fsp3) is 0.400. The number of amides is 1. The average Bonchev–Trinajstić information content (AvgIpc) is 2.65. The summed E-state index contributed by atoms with van der Waals surface area (Å²) in [4.78, 5) is 20.2. The van der Waals surface area contributed by atoms with Crippen molar-refractivity contribution in [3.8, 4) is 5.75 Å². The largest absolute Gasteiger partial charge is 0.490 e. The highest BCUT2D eigenvalue weighted by Crippen LogP contribution is 2.18. The second-order valence-corrected chi connectivity index (χ2v) is 6.64. The molecule has 1 aromatic heterocycles. The number of rotatable bonds is 6. The van der Waals surface area contributed by atoms with Crippen LogP contribution in [0.2, 0.25) is 0 Å². The zero-order valence-electron chi connectivity index (χ0n) is 15.0. The third-order valence-electron chi connectivity index (χ3n) is 4.55. The first kappa shape index (κ1) is 18.3. The molecule has 1 fully saturated rings. The summed E-state index contributed by atoms with van der Waals surface area (Å²) < 4.78 is 19.7. The van der Waals surface area contributed by atoms with Crippen LogP contribution in [-0.4, -0.2) is 53.5 Å². The number of carbonyl (C=O) groups excluding carboxylic acids is 1. The minimum atomic E-state index is -0.235. The Morgan fingerprint density at radius 1 is 1.23 bits per heavy atom. The molecule has 0 unspecified atom stereocenters. The molecule has 0 bridgehead atoms. The summed E-state index contributed by atoms with van der Waals surface area (Å²) in [6.07, 6.45) is 5.16. The van der Waals surface area contributed by atoms with Gasteiger partial charge in [0.05, 0.1) is 6.54 Å². The van der Waals surface area contributed by atoms with Crippen molar-refractivity contribution in [3.05, 3.63) is 60.2 Å².